The molecule has 23 heavy (non-hydrogen) atoms. The summed E-state index contributed by atoms with van der Waals surface area (Å²) in [6.07, 6.45) is 4.04. The molecule has 1 saturated carbocycles. The van der Waals surface area contributed by atoms with Gasteiger partial charge in [0.2, 0.25) is 0 Å². The van der Waals surface area contributed by atoms with Crippen molar-refractivity contribution in [3.8, 4) is 0 Å². The Kier molecular flexibility index (Phi) is 5.70. The van der Waals surface area contributed by atoms with Crippen molar-refractivity contribution < 1.29 is 19.5 Å². The summed E-state index contributed by atoms with van der Waals surface area (Å²) in [5, 5.41) is 11.3. The standard InChI is InChI=1S/C16H21N3O4/c17-19-16(23)15(22)18-13-7-5-12(6-8-13)11-3-1-10(2-4-11)9-14(20)21/h5-8,10-11H,1-4,9,17H2,(H,18,22)(H,19,23)(H,20,21). The van der Waals surface area contributed by atoms with Crippen molar-refractivity contribution in [2.75, 3.05) is 5.32 Å². The smallest absolute Gasteiger partial charge is 0.323 e. The molecule has 1 aromatic rings. The van der Waals surface area contributed by atoms with E-state index in [0.29, 0.717) is 11.6 Å². The lowest BCUT2D eigenvalue weighted by atomic mass is 9.77. The van der Waals surface area contributed by atoms with Crippen LogP contribution in [0.1, 0.15) is 43.6 Å². The van der Waals surface area contributed by atoms with Crippen LogP contribution in [0.15, 0.2) is 24.3 Å². The summed E-state index contributed by atoms with van der Waals surface area (Å²) in [5.41, 5.74) is 3.47. The molecule has 124 valence electrons. The summed E-state index contributed by atoms with van der Waals surface area (Å²) in [6, 6.07) is 7.36. The third-order valence-electron chi connectivity index (χ3n) is 4.29. The summed E-state index contributed by atoms with van der Waals surface area (Å²) in [6.45, 7) is 0. The quantitative estimate of drug-likeness (QED) is 0.289. The van der Waals surface area contributed by atoms with Crippen molar-refractivity contribution in [1.29, 1.82) is 0 Å². The number of amides is 2. The highest BCUT2D eigenvalue weighted by Gasteiger charge is 2.24. The largest absolute Gasteiger partial charge is 0.481 e. The van der Waals surface area contributed by atoms with Crippen molar-refractivity contribution in [3.63, 3.8) is 0 Å². The lowest BCUT2D eigenvalue weighted by Gasteiger charge is -2.28. The zero-order valence-electron chi connectivity index (χ0n) is 12.7. The van der Waals surface area contributed by atoms with Gasteiger partial charge in [0, 0.05) is 12.1 Å². The number of benzene rings is 1. The topological polar surface area (TPSA) is 122 Å². The van der Waals surface area contributed by atoms with Crippen molar-refractivity contribution in [3.05, 3.63) is 29.8 Å². The predicted molar refractivity (Wildman–Crippen MR) is 84.4 cm³/mol. The number of carboxylic acids is 1. The Morgan fingerprint density at radius 1 is 1.04 bits per heavy atom. The molecule has 0 bridgehead atoms. The molecular formula is C16H21N3O4. The molecule has 0 heterocycles. The van der Waals surface area contributed by atoms with E-state index in [0.717, 1.165) is 25.7 Å². The summed E-state index contributed by atoms with van der Waals surface area (Å²) in [4.78, 5) is 33.2. The second kappa shape index (κ2) is 7.73. The fourth-order valence-electron chi connectivity index (χ4n) is 3.04. The number of hydrogen-bond donors (Lipinski definition) is 4. The zero-order valence-corrected chi connectivity index (χ0v) is 12.7. The monoisotopic (exact) mass is 319 g/mol. The van der Waals surface area contributed by atoms with E-state index in [1.165, 1.54) is 5.56 Å². The van der Waals surface area contributed by atoms with Crippen molar-refractivity contribution >= 4 is 23.5 Å². The second-order valence-electron chi connectivity index (χ2n) is 5.87. The molecular weight excluding hydrogens is 298 g/mol. The van der Waals surface area contributed by atoms with Crippen LogP contribution in [-0.4, -0.2) is 22.9 Å². The van der Waals surface area contributed by atoms with Gasteiger partial charge in [0.05, 0.1) is 0 Å². The van der Waals surface area contributed by atoms with E-state index in [4.69, 9.17) is 10.9 Å². The predicted octanol–water partition coefficient (Wildman–Crippen LogP) is 1.36. The highest BCUT2D eigenvalue weighted by molar-refractivity contribution is 6.39. The molecule has 2 amide bonds. The molecule has 0 unspecified atom stereocenters. The second-order valence-corrected chi connectivity index (χ2v) is 5.87. The van der Waals surface area contributed by atoms with Gasteiger partial charge in [0.15, 0.2) is 0 Å². The molecule has 2 rings (SSSR count). The lowest BCUT2D eigenvalue weighted by Crippen LogP contribution is -2.39. The number of hydrazine groups is 1. The maximum Gasteiger partial charge on any atom is 0.323 e. The zero-order chi connectivity index (χ0) is 16.8. The third-order valence-corrected chi connectivity index (χ3v) is 4.29. The molecule has 0 spiro atoms. The minimum Gasteiger partial charge on any atom is -0.481 e. The molecule has 0 atom stereocenters. The fourth-order valence-corrected chi connectivity index (χ4v) is 3.04. The van der Waals surface area contributed by atoms with Crippen LogP contribution in [0.2, 0.25) is 0 Å². The SMILES string of the molecule is NNC(=O)C(=O)Nc1ccc(C2CCC(CC(=O)O)CC2)cc1. The van der Waals surface area contributed by atoms with Crippen LogP contribution in [0.25, 0.3) is 0 Å². The van der Waals surface area contributed by atoms with Crippen LogP contribution in [0, 0.1) is 5.92 Å². The van der Waals surface area contributed by atoms with E-state index in [1.807, 2.05) is 12.1 Å². The Bertz CT molecular complexity index is 577. The van der Waals surface area contributed by atoms with Gasteiger partial charge in [-0.05, 0) is 55.2 Å². The van der Waals surface area contributed by atoms with Crippen LogP contribution >= 0.6 is 0 Å². The van der Waals surface area contributed by atoms with Crippen LogP contribution < -0.4 is 16.6 Å². The van der Waals surface area contributed by atoms with Gasteiger partial charge in [-0.3, -0.25) is 19.8 Å². The number of carbonyl (C=O) groups excluding carboxylic acids is 2. The van der Waals surface area contributed by atoms with E-state index in [1.54, 1.807) is 17.6 Å². The number of nitrogens with one attached hydrogen (secondary N) is 2. The van der Waals surface area contributed by atoms with Gasteiger partial charge in [-0.25, -0.2) is 5.84 Å². The van der Waals surface area contributed by atoms with Gasteiger partial charge in [-0.1, -0.05) is 12.1 Å². The van der Waals surface area contributed by atoms with Crippen molar-refractivity contribution in [2.24, 2.45) is 11.8 Å². The Morgan fingerprint density at radius 3 is 2.17 bits per heavy atom. The first-order chi connectivity index (χ1) is 11.0. The van der Waals surface area contributed by atoms with Crippen molar-refractivity contribution in [1.82, 2.24) is 5.43 Å². The molecule has 1 fully saturated rings. The molecule has 0 aromatic heterocycles. The summed E-state index contributed by atoms with van der Waals surface area (Å²) in [7, 11) is 0. The number of hydrogen-bond acceptors (Lipinski definition) is 4. The first kappa shape index (κ1) is 17.0. The molecule has 7 heteroatoms. The van der Waals surface area contributed by atoms with Crippen LogP contribution in [-0.2, 0) is 14.4 Å². The molecule has 0 aliphatic heterocycles. The first-order valence-electron chi connectivity index (χ1n) is 7.63. The van der Waals surface area contributed by atoms with Crippen LogP contribution in [0.4, 0.5) is 5.69 Å². The van der Waals surface area contributed by atoms with E-state index in [2.05, 4.69) is 5.32 Å². The molecule has 1 aliphatic rings. The molecule has 7 nitrogen and oxygen atoms in total. The fraction of sp³-hybridized carbons (Fsp3) is 0.438. The van der Waals surface area contributed by atoms with E-state index >= 15 is 0 Å². The maximum absolute atomic E-state index is 11.4. The van der Waals surface area contributed by atoms with Crippen LogP contribution in [0.3, 0.4) is 0 Å². The highest BCUT2D eigenvalue weighted by atomic mass is 16.4. The minimum absolute atomic E-state index is 0.251. The molecule has 1 aliphatic carbocycles. The van der Waals surface area contributed by atoms with E-state index in [-0.39, 0.29) is 12.3 Å². The Balaban J connectivity index is 1.89. The van der Waals surface area contributed by atoms with Crippen LogP contribution in [0.5, 0.6) is 0 Å². The van der Waals surface area contributed by atoms with Gasteiger partial charge in [-0.15, -0.1) is 0 Å². The molecule has 0 saturated heterocycles. The maximum atomic E-state index is 11.4. The normalized spacial score (nSPS) is 20.6. The summed E-state index contributed by atoms with van der Waals surface area (Å²) < 4.78 is 0. The number of carbonyl (C=O) groups is 3. The van der Waals surface area contributed by atoms with Gasteiger partial charge in [0.1, 0.15) is 0 Å². The van der Waals surface area contributed by atoms with Gasteiger partial charge in [0.25, 0.3) is 0 Å². The third kappa shape index (κ3) is 4.79. The average Bonchev–Trinajstić information content (AvgIpc) is 2.55. The Labute approximate surface area is 134 Å². The molecule has 1 aromatic carbocycles. The van der Waals surface area contributed by atoms with E-state index in [9.17, 15) is 14.4 Å². The summed E-state index contributed by atoms with van der Waals surface area (Å²) in [5.74, 6) is 3.15. The molecule has 0 radical (unpaired) electrons. The Hall–Kier alpha value is -2.41. The summed E-state index contributed by atoms with van der Waals surface area (Å²) >= 11 is 0. The number of rotatable bonds is 4. The highest BCUT2D eigenvalue weighted by Crippen LogP contribution is 2.37. The lowest BCUT2D eigenvalue weighted by molar-refractivity contribution is -0.138. The van der Waals surface area contributed by atoms with Gasteiger partial charge >= 0.3 is 17.8 Å². The average molecular weight is 319 g/mol. The number of carboxylic acid groups (broad SMARTS) is 1. The van der Waals surface area contributed by atoms with E-state index < -0.39 is 17.8 Å². The number of aliphatic carboxylic acids is 1. The first-order valence-corrected chi connectivity index (χ1v) is 7.63. The van der Waals surface area contributed by atoms with Gasteiger partial charge in [-0.2, -0.15) is 0 Å². The Morgan fingerprint density at radius 2 is 1.65 bits per heavy atom. The van der Waals surface area contributed by atoms with Gasteiger partial charge < -0.3 is 10.4 Å². The minimum atomic E-state index is -0.897. The van der Waals surface area contributed by atoms with Crippen molar-refractivity contribution in [2.45, 2.75) is 38.0 Å². The number of nitrogens with two attached hydrogens (primary N) is 1. The number of anilines is 1. The molecule has 5 N–H and O–H groups in total.